The van der Waals surface area contributed by atoms with Gasteiger partial charge in [-0.15, -0.1) is 0 Å². The number of carbonyl (C=O) groups is 2. The molecule has 2 saturated heterocycles. The molecule has 26 heavy (non-hydrogen) atoms. The average molecular weight is 360 g/mol. The van der Waals surface area contributed by atoms with Gasteiger partial charge in [-0.25, -0.2) is 14.8 Å². The fraction of sp³-hybridized carbons (Fsp3) is 0.667. The van der Waals surface area contributed by atoms with Crippen LogP contribution in [0.4, 0.5) is 5.95 Å². The van der Waals surface area contributed by atoms with Gasteiger partial charge in [0, 0.05) is 30.9 Å². The lowest BCUT2D eigenvalue weighted by molar-refractivity contribution is -0.154. The van der Waals surface area contributed by atoms with Gasteiger partial charge in [0.25, 0.3) is 5.91 Å². The number of hydrogen-bond acceptors (Lipinski definition) is 6. The summed E-state index contributed by atoms with van der Waals surface area (Å²) in [5.41, 5.74) is 2.39. The molecule has 1 amide bonds. The molecular weight excluding hydrogens is 336 g/mol. The summed E-state index contributed by atoms with van der Waals surface area (Å²) in [5.74, 6) is -0.583. The van der Waals surface area contributed by atoms with Crippen molar-refractivity contribution in [2.75, 3.05) is 37.7 Å². The topological polar surface area (TPSA) is 95.9 Å². The molecule has 140 valence electrons. The zero-order valence-corrected chi connectivity index (χ0v) is 14.8. The second-order valence-corrected chi connectivity index (χ2v) is 7.15. The highest BCUT2D eigenvalue weighted by Crippen LogP contribution is 2.27. The van der Waals surface area contributed by atoms with Crippen molar-refractivity contribution in [3.8, 4) is 0 Å². The lowest BCUT2D eigenvalue weighted by Gasteiger charge is -2.32. The molecule has 1 aromatic rings. The van der Waals surface area contributed by atoms with E-state index in [0.29, 0.717) is 18.2 Å². The van der Waals surface area contributed by atoms with Crippen molar-refractivity contribution in [3.63, 3.8) is 0 Å². The van der Waals surface area contributed by atoms with Gasteiger partial charge in [0.1, 0.15) is 5.69 Å². The van der Waals surface area contributed by atoms with E-state index in [-0.39, 0.29) is 19.1 Å². The van der Waals surface area contributed by atoms with Gasteiger partial charge in [-0.1, -0.05) is 0 Å². The highest BCUT2D eigenvalue weighted by molar-refractivity contribution is 5.95. The molecule has 0 radical (unpaired) electrons. The summed E-state index contributed by atoms with van der Waals surface area (Å²) in [6.45, 7) is 2.53. The fourth-order valence-electron chi connectivity index (χ4n) is 3.95. The van der Waals surface area contributed by atoms with Gasteiger partial charge < -0.3 is 19.6 Å². The SMILES string of the molecule is O=C(O)[C@H]1CN(C(=O)c2nc(N3CCCC3)nc3c2CCCC3)CCO1. The fourth-order valence-corrected chi connectivity index (χ4v) is 3.95. The van der Waals surface area contributed by atoms with E-state index in [1.54, 1.807) is 4.90 Å². The minimum absolute atomic E-state index is 0.0615. The first kappa shape index (κ1) is 17.2. The number of aromatic nitrogens is 2. The third-order valence-electron chi connectivity index (χ3n) is 5.39. The highest BCUT2D eigenvalue weighted by atomic mass is 16.5. The number of hydrogen-bond donors (Lipinski definition) is 1. The normalized spacial score (nSPS) is 23.0. The average Bonchev–Trinajstić information content (AvgIpc) is 3.21. The van der Waals surface area contributed by atoms with Crippen LogP contribution in [-0.4, -0.2) is 70.7 Å². The Morgan fingerprint density at radius 3 is 2.58 bits per heavy atom. The number of carbonyl (C=O) groups excluding carboxylic acids is 1. The molecular formula is C18H24N4O4. The molecule has 0 bridgehead atoms. The Hall–Kier alpha value is -2.22. The first-order valence-electron chi connectivity index (χ1n) is 9.42. The summed E-state index contributed by atoms with van der Waals surface area (Å²) in [7, 11) is 0. The number of aryl methyl sites for hydroxylation is 1. The number of carboxylic acids is 1. The van der Waals surface area contributed by atoms with Crippen molar-refractivity contribution in [2.24, 2.45) is 0 Å². The maximum absolute atomic E-state index is 13.2. The minimum Gasteiger partial charge on any atom is -0.479 e. The molecule has 0 unspecified atom stereocenters. The number of ether oxygens (including phenoxy) is 1. The smallest absolute Gasteiger partial charge is 0.334 e. The van der Waals surface area contributed by atoms with Crippen molar-refractivity contribution < 1.29 is 19.4 Å². The number of rotatable bonds is 3. The van der Waals surface area contributed by atoms with Crippen LogP contribution >= 0.6 is 0 Å². The number of fused-ring (bicyclic) bond motifs is 1. The van der Waals surface area contributed by atoms with E-state index in [4.69, 9.17) is 9.72 Å². The molecule has 0 spiro atoms. The lowest BCUT2D eigenvalue weighted by atomic mass is 9.94. The zero-order chi connectivity index (χ0) is 18.1. The Balaban J connectivity index is 1.66. The van der Waals surface area contributed by atoms with E-state index in [9.17, 15) is 14.7 Å². The van der Waals surface area contributed by atoms with Gasteiger partial charge in [-0.2, -0.15) is 0 Å². The molecule has 2 aliphatic heterocycles. The van der Waals surface area contributed by atoms with Crippen molar-refractivity contribution in [2.45, 2.75) is 44.6 Å². The molecule has 1 aromatic heterocycles. The van der Waals surface area contributed by atoms with Crippen LogP contribution in [0, 0.1) is 0 Å². The maximum atomic E-state index is 13.2. The van der Waals surface area contributed by atoms with Crippen LogP contribution in [0.25, 0.3) is 0 Å². The molecule has 0 saturated carbocycles. The lowest BCUT2D eigenvalue weighted by Crippen LogP contribution is -2.49. The van der Waals surface area contributed by atoms with E-state index in [1.807, 2.05) is 0 Å². The third kappa shape index (κ3) is 3.25. The second kappa shape index (κ2) is 7.19. The van der Waals surface area contributed by atoms with Gasteiger partial charge in [0.15, 0.2) is 6.10 Å². The quantitative estimate of drug-likeness (QED) is 0.855. The van der Waals surface area contributed by atoms with Crippen LogP contribution < -0.4 is 4.90 Å². The van der Waals surface area contributed by atoms with Crippen molar-refractivity contribution in [1.29, 1.82) is 0 Å². The predicted octanol–water partition coefficient (Wildman–Crippen LogP) is 0.881. The second-order valence-electron chi connectivity index (χ2n) is 7.15. The van der Waals surface area contributed by atoms with Gasteiger partial charge in [-0.05, 0) is 38.5 Å². The number of amides is 1. The van der Waals surface area contributed by atoms with Crippen molar-refractivity contribution in [3.05, 3.63) is 17.0 Å². The van der Waals surface area contributed by atoms with E-state index in [0.717, 1.165) is 62.9 Å². The maximum Gasteiger partial charge on any atom is 0.334 e. The Kier molecular flexibility index (Phi) is 4.76. The summed E-state index contributed by atoms with van der Waals surface area (Å²) in [4.78, 5) is 37.5. The van der Waals surface area contributed by atoms with Crippen molar-refractivity contribution >= 4 is 17.8 Å². The first-order valence-corrected chi connectivity index (χ1v) is 9.42. The van der Waals surface area contributed by atoms with E-state index in [2.05, 4.69) is 9.88 Å². The van der Waals surface area contributed by atoms with Crippen LogP contribution in [0.1, 0.15) is 47.4 Å². The summed E-state index contributed by atoms with van der Waals surface area (Å²) in [6, 6.07) is 0. The number of anilines is 1. The minimum atomic E-state index is -1.04. The van der Waals surface area contributed by atoms with Gasteiger partial charge in [-0.3, -0.25) is 4.79 Å². The predicted molar refractivity (Wildman–Crippen MR) is 93.4 cm³/mol. The van der Waals surface area contributed by atoms with Gasteiger partial charge >= 0.3 is 5.97 Å². The summed E-state index contributed by atoms with van der Waals surface area (Å²) >= 11 is 0. The summed E-state index contributed by atoms with van der Waals surface area (Å²) in [5, 5.41) is 9.19. The monoisotopic (exact) mass is 360 g/mol. The molecule has 1 N–H and O–H groups in total. The van der Waals surface area contributed by atoms with Crippen molar-refractivity contribution in [1.82, 2.24) is 14.9 Å². The number of morpholine rings is 1. The molecule has 0 aromatic carbocycles. The molecule has 1 aliphatic carbocycles. The Morgan fingerprint density at radius 1 is 1.04 bits per heavy atom. The zero-order valence-electron chi connectivity index (χ0n) is 14.8. The Morgan fingerprint density at radius 2 is 1.81 bits per heavy atom. The molecule has 3 heterocycles. The number of aliphatic carboxylic acids is 1. The standard InChI is InChI=1S/C18H24N4O4/c23-16(22-9-10-26-14(11-22)17(24)25)15-12-5-1-2-6-13(12)19-18(20-15)21-7-3-4-8-21/h14H,1-11H2,(H,24,25)/t14-/m1/s1. The summed E-state index contributed by atoms with van der Waals surface area (Å²) < 4.78 is 5.24. The van der Waals surface area contributed by atoms with Crippen LogP contribution in [0.2, 0.25) is 0 Å². The molecule has 2 fully saturated rings. The Bertz CT molecular complexity index is 717. The van der Waals surface area contributed by atoms with Gasteiger partial charge in [0.2, 0.25) is 5.95 Å². The molecule has 8 nitrogen and oxygen atoms in total. The van der Waals surface area contributed by atoms with Crippen LogP contribution in [0.5, 0.6) is 0 Å². The number of nitrogens with zero attached hydrogens (tertiary/aromatic N) is 4. The van der Waals surface area contributed by atoms with E-state index < -0.39 is 12.1 Å². The molecule has 3 aliphatic rings. The summed E-state index contributed by atoms with van der Waals surface area (Å²) in [6.07, 6.45) is 5.06. The van der Waals surface area contributed by atoms with Gasteiger partial charge in [0.05, 0.1) is 13.2 Å². The van der Waals surface area contributed by atoms with Crippen LogP contribution in [0.3, 0.4) is 0 Å². The van der Waals surface area contributed by atoms with E-state index in [1.165, 1.54) is 0 Å². The molecule has 1 atom stereocenters. The molecule has 4 rings (SSSR count). The largest absolute Gasteiger partial charge is 0.479 e. The Labute approximate surface area is 152 Å². The number of carboxylic acid groups (broad SMARTS) is 1. The third-order valence-corrected chi connectivity index (χ3v) is 5.39. The molecule has 8 heteroatoms. The van der Waals surface area contributed by atoms with Crippen LogP contribution in [-0.2, 0) is 22.4 Å². The highest BCUT2D eigenvalue weighted by Gasteiger charge is 2.33. The van der Waals surface area contributed by atoms with Crippen LogP contribution in [0.15, 0.2) is 0 Å². The first-order chi connectivity index (χ1) is 12.6. The van der Waals surface area contributed by atoms with E-state index >= 15 is 0 Å².